The van der Waals surface area contributed by atoms with Gasteiger partial charge in [0.05, 0.1) is 0 Å². The Morgan fingerprint density at radius 1 is 1.33 bits per heavy atom. The predicted octanol–water partition coefficient (Wildman–Crippen LogP) is 3.42. The lowest BCUT2D eigenvalue weighted by Crippen LogP contribution is -2.50. The maximum Gasteiger partial charge on any atom is 0.222 e. The number of likely N-dealkylation sites (tertiary alicyclic amines) is 1. The average molecular weight is 328 g/mol. The van der Waals surface area contributed by atoms with Gasteiger partial charge in [0.15, 0.2) is 0 Å². The minimum absolute atomic E-state index is 0.0661. The second kappa shape index (κ2) is 6.40. The zero-order valence-electron chi connectivity index (χ0n) is 14.6. The normalized spacial score (nSPS) is 26.0. The standard InChI is InChI=1S/C20H28N2O2/c1-15(9-13-22-12-4-8-19(22)23)21-17-14-20(10-5-11-20)24-18-7-3-2-6-16(17)18/h2-3,6-7,15,17,21H,4-5,8-14H2,1H3/t15-,17-/m1/s1. The Labute approximate surface area is 144 Å². The zero-order chi connectivity index (χ0) is 16.6. The van der Waals surface area contributed by atoms with Gasteiger partial charge in [-0.05, 0) is 45.1 Å². The molecule has 1 aromatic carbocycles. The fourth-order valence-electron chi connectivity index (χ4n) is 4.36. The fraction of sp³-hybridized carbons (Fsp3) is 0.650. The molecule has 2 heterocycles. The summed E-state index contributed by atoms with van der Waals surface area (Å²) in [5.74, 6) is 1.38. The third-order valence-electron chi connectivity index (χ3n) is 5.95. The van der Waals surface area contributed by atoms with E-state index in [0.29, 0.717) is 18.0 Å². The summed E-state index contributed by atoms with van der Waals surface area (Å²) in [6, 6.07) is 9.22. The third kappa shape index (κ3) is 3.04. The van der Waals surface area contributed by atoms with Crippen LogP contribution in [0.25, 0.3) is 0 Å². The molecule has 1 N–H and O–H groups in total. The fourth-order valence-corrected chi connectivity index (χ4v) is 4.36. The third-order valence-corrected chi connectivity index (χ3v) is 5.95. The van der Waals surface area contributed by atoms with Crippen LogP contribution in [-0.4, -0.2) is 35.5 Å². The number of fused-ring (bicyclic) bond motifs is 1. The molecule has 0 aromatic heterocycles. The highest BCUT2D eigenvalue weighted by molar-refractivity contribution is 5.78. The van der Waals surface area contributed by atoms with Crippen LogP contribution in [0.15, 0.2) is 24.3 Å². The largest absolute Gasteiger partial charge is 0.487 e. The zero-order valence-corrected chi connectivity index (χ0v) is 14.6. The van der Waals surface area contributed by atoms with Crippen molar-refractivity contribution in [1.29, 1.82) is 0 Å². The maximum atomic E-state index is 11.8. The number of nitrogens with one attached hydrogen (secondary N) is 1. The van der Waals surface area contributed by atoms with Gasteiger partial charge < -0.3 is 15.0 Å². The van der Waals surface area contributed by atoms with Gasteiger partial charge in [0.2, 0.25) is 5.91 Å². The Hall–Kier alpha value is -1.55. The van der Waals surface area contributed by atoms with Crippen LogP contribution in [-0.2, 0) is 4.79 Å². The number of carbonyl (C=O) groups excluding carboxylic acids is 1. The highest BCUT2D eigenvalue weighted by Crippen LogP contribution is 2.48. The van der Waals surface area contributed by atoms with E-state index < -0.39 is 0 Å². The number of nitrogens with zero attached hydrogens (tertiary/aromatic N) is 1. The minimum Gasteiger partial charge on any atom is -0.487 e. The van der Waals surface area contributed by atoms with Gasteiger partial charge in [-0.15, -0.1) is 0 Å². The number of para-hydroxylation sites is 1. The van der Waals surface area contributed by atoms with Crippen molar-refractivity contribution in [1.82, 2.24) is 10.2 Å². The van der Waals surface area contributed by atoms with Crippen LogP contribution >= 0.6 is 0 Å². The van der Waals surface area contributed by atoms with Crippen molar-refractivity contribution < 1.29 is 9.53 Å². The Bertz CT molecular complexity index is 611. The molecule has 1 saturated heterocycles. The SMILES string of the molecule is C[C@H](CCN1CCCC1=O)N[C@@H]1CC2(CCC2)Oc2ccccc21. The second-order valence-electron chi connectivity index (χ2n) is 7.77. The van der Waals surface area contributed by atoms with Gasteiger partial charge in [-0.25, -0.2) is 0 Å². The van der Waals surface area contributed by atoms with Crippen molar-refractivity contribution in [3.8, 4) is 5.75 Å². The summed E-state index contributed by atoms with van der Waals surface area (Å²) in [5.41, 5.74) is 1.36. The maximum absolute atomic E-state index is 11.8. The molecule has 1 spiro atoms. The summed E-state index contributed by atoms with van der Waals surface area (Å²) in [7, 11) is 0. The van der Waals surface area contributed by atoms with Gasteiger partial charge in [-0.2, -0.15) is 0 Å². The first-order valence-electron chi connectivity index (χ1n) is 9.47. The van der Waals surface area contributed by atoms with Crippen LogP contribution in [0.2, 0.25) is 0 Å². The average Bonchev–Trinajstić information content (AvgIpc) is 2.96. The van der Waals surface area contributed by atoms with Crippen LogP contribution in [0.4, 0.5) is 0 Å². The predicted molar refractivity (Wildman–Crippen MR) is 94.0 cm³/mol. The number of carbonyl (C=O) groups is 1. The molecule has 0 radical (unpaired) electrons. The van der Waals surface area contributed by atoms with Crippen molar-refractivity contribution in [2.45, 2.75) is 69.6 Å². The molecule has 3 aliphatic rings. The Morgan fingerprint density at radius 3 is 2.88 bits per heavy atom. The molecule has 2 fully saturated rings. The first-order chi connectivity index (χ1) is 11.7. The van der Waals surface area contributed by atoms with E-state index >= 15 is 0 Å². The lowest BCUT2D eigenvalue weighted by atomic mass is 9.73. The van der Waals surface area contributed by atoms with E-state index in [1.165, 1.54) is 24.8 Å². The molecular weight excluding hydrogens is 300 g/mol. The molecule has 2 aliphatic heterocycles. The molecule has 4 rings (SSSR count). The van der Waals surface area contributed by atoms with Gasteiger partial charge in [-0.1, -0.05) is 18.2 Å². The van der Waals surface area contributed by atoms with E-state index in [0.717, 1.165) is 44.5 Å². The molecule has 130 valence electrons. The smallest absolute Gasteiger partial charge is 0.222 e. The Morgan fingerprint density at radius 2 is 2.17 bits per heavy atom. The van der Waals surface area contributed by atoms with Crippen LogP contribution in [0.5, 0.6) is 5.75 Å². The highest BCUT2D eigenvalue weighted by atomic mass is 16.5. The van der Waals surface area contributed by atoms with E-state index in [4.69, 9.17) is 4.74 Å². The molecule has 0 bridgehead atoms. The molecule has 1 aromatic rings. The van der Waals surface area contributed by atoms with Gasteiger partial charge in [0, 0.05) is 43.6 Å². The van der Waals surface area contributed by atoms with E-state index in [1.807, 2.05) is 4.90 Å². The van der Waals surface area contributed by atoms with E-state index in [1.54, 1.807) is 0 Å². The number of amides is 1. The van der Waals surface area contributed by atoms with Crippen LogP contribution in [0.3, 0.4) is 0 Å². The molecule has 1 aliphatic carbocycles. The van der Waals surface area contributed by atoms with Crippen LogP contribution in [0, 0.1) is 0 Å². The van der Waals surface area contributed by atoms with Gasteiger partial charge in [0.25, 0.3) is 0 Å². The lowest BCUT2D eigenvalue weighted by Gasteiger charge is -2.48. The van der Waals surface area contributed by atoms with Crippen molar-refractivity contribution in [2.75, 3.05) is 13.1 Å². The van der Waals surface area contributed by atoms with Gasteiger partial charge in [0.1, 0.15) is 11.4 Å². The van der Waals surface area contributed by atoms with E-state index in [-0.39, 0.29) is 5.60 Å². The molecule has 1 amide bonds. The van der Waals surface area contributed by atoms with Crippen LogP contribution < -0.4 is 10.1 Å². The first kappa shape index (κ1) is 15.9. The van der Waals surface area contributed by atoms with Gasteiger partial charge in [-0.3, -0.25) is 4.79 Å². The molecule has 4 nitrogen and oxygen atoms in total. The Kier molecular flexibility index (Phi) is 4.25. The molecule has 2 atom stereocenters. The summed E-state index contributed by atoms with van der Waals surface area (Å²) < 4.78 is 6.33. The lowest BCUT2D eigenvalue weighted by molar-refractivity contribution is -0.127. The topological polar surface area (TPSA) is 41.6 Å². The highest BCUT2D eigenvalue weighted by Gasteiger charge is 2.45. The number of hydrogen-bond acceptors (Lipinski definition) is 3. The summed E-state index contributed by atoms with van der Waals surface area (Å²) >= 11 is 0. The molecule has 4 heteroatoms. The number of ether oxygens (including phenoxy) is 1. The quantitative estimate of drug-likeness (QED) is 0.900. The molecule has 24 heavy (non-hydrogen) atoms. The summed E-state index contributed by atoms with van der Waals surface area (Å²) in [4.78, 5) is 13.8. The van der Waals surface area contributed by atoms with E-state index in [9.17, 15) is 4.79 Å². The number of benzene rings is 1. The molecular formula is C20H28N2O2. The number of rotatable bonds is 5. The summed E-state index contributed by atoms with van der Waals surface area (Å²) in [5, 5.41) is 3.82. The summed E-state index contributed by atoms with van der Waals surface area (Å²) in [6.07, 6.45) is 7.47. The number of hydrogen-bond donors (Lipinski definition) is 1. The van der Waals surface area contributed by atoms with Crippen molar-refractivity contribution in [3.63, 3.8) is 0 Å². The first-order valence-corrected chi connectivity index (χ1v) is 9.47. The Balaban J connectivity index is 1.40. The second-order valence-corrected chi connectivity index (χ2v) is 7.77. The monoisotopic (exact) mass is 328 g/mol. The van der Waals surface area contributed by atoms with Crippen molar-refractivity contribution in [2.24, 2.45) is 0 Å². The van der Waals surface area contributed by atoms with Crippen LogP contribution in [0.1, 0.15) is 63.5 Å². The van der Waals surface area contributed by atoms with Gasteiger partial charge >= 0.3 is 0 Å². The van der Waals surface area contributed by atoms with E-state index in [2.05, 4.69) is 36.5 Å². The molecule has 1 saturated carbocycles. The van der Waals surface area contributed by atoms with Crippen molar-refractivity contribution >= 4 is 5.91 Å². The minimum atomic E-state index is 0.0661. The molecule has 0 unspecified atom stereocenters. The summed E-state index contributed by atoms with van der Waals surface area (Å²) in [6.45, 7) is 4.06. The van der Waals surface area contributed by atoms with Crippen molar-refractivity contribution in [3.05, 3.63) is 29.8 Å².